The van der Waals surface area contributed by atoms with Gasteiger partial charge in [-0.1, -0.05) is 24.3 Å². The van der Waals surface area contributed by atoms with Gasteiger partial charge in [-0.15, -0.1) is 0 Å². The van der Waals surface area contributed by atoms with E-state index in [0.717, 1.165) is 30.7 Å². The van der Waals surface area contributed by atoms with Gasteiger partial charge in [0.1, 0.15) is 5.52 Å². The highest BCUT2D eigenvalue weighted by atomic mass is 16.1. The highest BCUT2D eigenvalue weighted by Gasteiger charge is 2.11. The number of hydrogen-bond donors (Lipinski definition) is 1. The van der Waals surface area contributed by atoms with E-state index in [1.807, 2.05) is 30.5 Å². The van der Waals surface area contributed by atoms with E-state index >= 15 is 0 Å². The minimum absolute atomic E-state index is 0.445. The average molecular weight is 351 g/mol. The van der Waals surface area contributed by atoms with E-state index in [-0.39, 0.29) is 0 Å². The quantitative estimate of drug-likeness (QED) is 0.708. The first kappa shape index (κ1) is 18.1. The Hall–Kier alpha value is -2.70. The molecule has 0 fully saturated rings. The molecule has 0 aliphatic rings. The molecule has 1 aromatic heterocycles. The number of benzene rings is 2. The summed E-state index contributed by atoms with van der Waals surface area (Å²) in [6, 6.07) is 13.8. The molecule has 3 rings (SSSR count). The largest absolute Gasteiger partial charge is 0.366 e. The Labute approximate surface area is 153 Å². The highest BCUT2D eigenvalue weighted by molar-refractivity contribution is 6.04. The Bertz CT molecular complexity index is 898. The van der Waals surface area contributed by atoms with Crippen LogP contribution in [0, 0.1) is 0 Å². The summed E-state index contributed by atoms with van der Waals surface area (Å²) in [5, 5.41) is 5.44. The standard InChI is InChI=1S/C20H25N5O/c1-23(2)11-12-24(3)13-15-7-9-17(10-8-15)25-14-16-5-4-6-18(20(21)26)19(16)22-25/h4-10,14H,11-13H2,1-3H3,(H2,21,26). The van der Waals surface area contributed by atoms with Gasteiger partial charge in [0.15, 0.2) is 0 Å². The Balaban J connectivity index is 1.77. The van der Waals surface area contributed by atoms with Crippen LogP contribution in [0.1, 0.15) is 15.9 Å². The third kappa shape index (κ3) is 4.09. The SMILES string of the molecule is CN(C)CCN(C)Cc1ccc(-n2cc3cccc(C(N)=O)c3n2)cc1. The average Bonchev–Trinajstić information content (AvgIpc) is 3.04. The van der Waals surface area contributed by atoms with Crippen molar-refractivity contribution in [2.24, 2.45) is 5.73 Å². The van der Waals surface area contributed by atoms with Crippen molar-refractivity contribution >= 4 is 16.8 Å². The number of nitrogens with two attached hydrogens (primary N) is 1. The van der Waals surface area contributed by atoms with Crippen LogP contribution in [-0.2, 0) is 6.54 Å². The van der Waals surface area contributed by atoms with Gasteiger partial charge in [0.25, 0.3) is 5.91 Å². The van der Waals surface area contributed by atoms with Gasteiger partial charge in [0, 0.05) is 31.2 Å². The molecule has 2 aromatic carbocycles. The summed E-state index contributed by atoms with van der Waals surface area (Å²) in [7, 11) is 6.30. The van der Waals surface area contributed by atoms with Crippen LogP contribution in [0.5, 0.6) is 0 Å². The lowest BCUT2D eigenvalue weighted by Gasteiger charge is -2.19. The van der Waals surface area contributed by atoms with Crippen molar-refractivity contribution in [1.82, 2.24) is 19.6 Å². The minimum Gasteiger partial charge on any atom is -0.366 e. The molecule has 6 heteroatoms. The second-order valence-corrected chi connectivity index (χ2v) is 6.89. The summed E-state index contributed by atoms with van der Waals surface area (Å²) >= 11 is 0. The molecule has 0 aliphatic carbocycles. The van der Waals surface area contributed by atoms with Gasteiger partial charge >= 0.3 is 0 Å². The molecule has 6 nitrogen and oxygen atoms in total. The number of amides is 1. The predicted molar refractivity (Wildman–Crippen MR) is 104 cm³/mol. The Kier molecular flexibility index (Phi) is 5.35. The molecule has 0 saturated carbocycles. The van der Waals surface area contributed by atoms with Crippen LogP contribution >= 0.6 is 0 Å². The molecule has 0 aliphatic heterocycles. The molecular weight excluding hydrogens is 326 g/mol. The molecule has 0 bridgehead atoms. The summed E-state index contributed by atoms with van der Waals surface area (Å²) in [6.45, 7) is 2.97. The molecule has 1 amide bonds. The molecule has 0 atom stereocenters. The van der Waals surface area contributed by atoms with Crippen molar-refractivity contribution in [3.8, 4) is 5.69 Å². The number of rotatable bonds is 7. The zero-order valence-corrected chi connectivity index (χ0v) is 15.5. The number of nitrogens with zero attached hydrogens (tertiary/aromatic N) is 4. The predicted octanol–water partition coefficient (Wildman–Crippen LogP) is 2.12. The maximum Gasteiger partial charge on any atom is 0.250 e. The molecule has 26 heavy (non-hydrogen) atoms. The number of carbonyl (C=O) groups is 1. The van der Waals surface area contributed by atoms with Crippen molar-refractivity contribution < 1.29 is 4.79 Å². The van der Waals surface area contributed by atoms with Crippen molar-refractivity contribution in [3.05, 3.63) is 59.8 Å². The lowest BCUT2D eigenvalue weighted by molar-refractivity contribution is 0.100. The number of aromatic nitrogens is 2. The topological polar surface area (TPSA) is 67.4 Å². The Morgan fingerprint density at radius 2 is 1.81 bits per heavy atom. The molecular formula is C20H25N5O. The van der Waals surface area contributed by atoms with E-state index < -0.39 is 5.91 Å². The van der Waals surface area contributed by atoms with Gasteiger partial charge < -0.3 is 15.5 Å². The van der Waals surface area contributed by atoms with Crippen LogP contribution in [0.3, 0.4) is 0 Å². The number of fused-ring (bicyclic) bond motifs is 1. The molecule has 2 N–H and O–H groups in total. The monoisotopic (exact) mass is 351 g/mol. The maximum absolute atomic E-state index is 11.6. The summed E-state index contributed by atoms with van der Waals surface area (Å²) in [5.41, 5.74) is 8.73. The van der Waals surface area contributed by atoms with Gasteiger partial charge in [-0.05, 0) is 44.9 Å². The molecule has 0 spiro atoms. The smallest absolute Gasteiger partial charge is 0.250 e. The fourth-order valence-corrected chi connectivity index (χ4v) is 2.89. The van der Waals surface area contributed by atoms with E-state index in [9.17, 15) is 4.79 Å². The third-order valence-electron chi connectivity index (χ3n) is 4.38. The first-order chi connectivity index (χ1) is 12.4. The van der Waals surface area contributed by atoms with E-state index in [1.165, 1.54) is 5.56 Å². The third-order valence-corrected chi connectivity index (χ3v) is 4.38. The lowest BCUT2D eigenvalue weighted by atomic mass is 10.1. The van der Waals surface area contributed by atoms with Crippen molar-refractivity contribution in [2.45, 2.75) is 6.54 Å². The fourth-order valence-electron chi connectivity index (χ4n) is 2.89. The molecule has 0 radical (unpaired) electrons. The normalized spacial score (nSPS) is 11.6. The van der Waals surface area contributed by atoms with Crippen molar-refractivity contribution in [1.29, 1.82) is 0 Å². The summed E-state index contributed by atoms with van der Waals surface area (Å²) in [5.74, 6) is -0.461. The number of primary amides is 1. The zero-order chi connectivity index (χ0) is 18.7. The van der Waals surface area contributed by atoms with Gasteiger partial charge in [0.2, 0.25) is 0 Å². The van der Waals surface area contributed by atoms with E-state index in [0.29, 0.717) is 11.1 Å². The van der Waals surface area contributed by atoms with E-state index in [2.05, 4.69) is 48.2 Å². The first-order valence-corrected chi connectivity index (χ1v) is 8.65. The second kappa shape index (κ2) is 7.68. The molecule has 1 heterocycles. The van der Waals surface area contributed by atoms with Gasteiger partial charge in [-0.2, -0.15) is 5.10 Å². The lowest BCUT2D eigenvalue weighted by Crippen LogP contribution is -2.28. The highest BCUT2D eigenvalue weighted by Crippen LogP contribution is 2.19. The van der Waals surface area contributed by atoms with Gasteiger partial charge in [0.05, 0.1) is 11.3 Å². The van der Waals surface area contributed by atoms with Crippen LogP contribution in [0.25, 0.3) is 16.6 Å². The number of likely N-dealkylation sites (N-methyl/N-ethyl adjacent to an activating group) is 2. The molecule has 0 unspecified atom stereocenters. The van der Waals surface area contributed by atoms with Crippen LogP contribution in [0.2, 0.25) is 0 Å². The second-order valence-electron chi connectivity index (χ2n) is 6.89. The van der Waals surface area contributed by atoms with Crippen LogP contribution < -0.4 is 5.73 Å². The van der Waals surface area contributed by atoms with Crippen molar-refractivity contribution in [2.75, 3.05) is 34.2 Å². The van der Waals surface area contributed by atoms with Gasteiger partial charge in [-0.25, -0.2) is 4.68 Å². The molecule has 0 saturated heterocycles. The van der Waals surface area contributed by atoms with Crippen LogP contribution in [-0.4, -0.2) is 59.7 Å². The summed E-state index contributed by atoms with van der Waals surface area (Å²) in [4.78, 5) is 16.1. The summed E-state index contributed by atoms with van der Waals surface area (Å²) < 4.78 is 1.79. The zero-order valence-electron chi connectivity index (χ0n) is 15.5. The Morgan fingerprint density at radius 1 is 1.08 bits per heavy atom. The maximum atomic E-state index is 11.6. The fraction of sp³-hybridized carbons (Fsp3) is 0.300. The first-order valence-electron chi connectivity index (χ1n) is 8.65. The molecule has 136 valence electrons. The summed E-state index contributed by atoms with van der Waals surface area (Å²) in [6.07, 6.45) is 1.92. The van der Waals surface area contributed by atoms with Gasteiger partial charge in [-0.3, -0.25) is 4.79 Å². The van der Waals surface area contributed by atoms with E-state index in [4.69, 9.17) is 5.73 Å². The Morgan fingerprint density at radius 3 is 2.46 bits per heavy atom. The van der Waals surface area contributed by atoms with Crippen molar-refractivity contribution in [3.63, 3.8) is 0 Å². The van der Waals surface area contributed by atoms with Crippen LogP contribution in [0.4, 0.5) is 0 Å². The molecule has 3 aromatic rings. The number of hydrogen-bond acceptors (Lipinski definition) is 4. The van der Waals surface area contributed by atoms with Crippen LogP contribution in [0.15, 0.2) is 48.7 Å². The van der Waals surface area contributed by atoms with E-state index in [1.54, 1.807) is 10.7 Å². The minimum atomic E-state index is -0.461. The number of carbonyl (C=O) groups excluding carboxylic acids is 1.